The van der Waals surface area contributed by atoms with Gasteiger partial charge in [0.25, 0.3) is 0 Å². The maximum absolute atomic E-state index is 4.65. The molecule has 1 atom stereocenters. The summed E-state index contributed by atoms with van der Waals surface area (Å²) in [7, 11) is 0. The van der Waals surface area contributed by atoms with E-state index in [0.717, 1.165) is 28.7 Å². The zero-order chi connectivity index (χ0) is 17.5. The van der Waals surface area contributed by atoms with E-state index < -0.39 is 0 Å². The lowest BCUT2D eigenvalue weighted by Crippen LogP contribution is -2.10. The fraction of sp³-hybridized carbons (Fsp3) is 0.278. The Hall–Kier alpha value is -3.29. The first-order chi connectivity index (χ1) is 12.8. The lowest BCUT2D eigenvalue weighted by atomic mass is 10.2. The SMILES string of the molecule is CC(Nc1ccc2nnc(C3CC3)n2n1)c1cn(-c2ccccc2)nn1. The summed E-state index contributed by atoms with van der Waals surface area (Å²) in [4.78, 5) is 0. The van der Waals surface area contributed by atoms with Gasteiger partial charge in [-0.15, -0.1) is 20.4 Å². The number of benzene rings is 1. The standard InChI is InChI=1S/C18H18N8/c1-12(15-11-25(24-20-15)14-5-3-2-4-6-14)19-16-9-10-17-21-22-18(13-7-8-13)26(17)23-16/h2-6,9-13H,7-8H2,1H3,(H,19,23). The number of rotatable bonds is 5. The second kappa shape index (κ2) is 5.91. The monoisotopic (exact) mass is 346 g/mol. The molecule has 8 nitrogen and oxygen atoms in total. The molecule has 0 amide bonds. The van der Waals surface area contributed by atoms with E-state index in [1.807, 2.05) is 60.1 Å². The van der Waals surface area contributed by atoms with Crippen LogP contribution in [0.2, 0.25) is 0 Å². The zero-order valence-corrected chi connectivity index (χ0v) is 14.3. The molecule has 5 rings (SSSR count). The highest BCUT2D eigenvalue weighted by molar-refractivity contribution is 5.45. The number of nitrogens with zero attached hydrogens (tertiary/aromatic N) is 7. The van der Waals surface area contributed by atoms with Crippen LogP contribution >= 0.6 is 0 Å². The van der Waals surface area contributed by atoms with Gasteiger partial charge in [0, 0.05) is 5.92 Å². The Morgan fingerprint density at radius 3 is 2.69 bits per heavy atom. The normalized spacial score (nSPS) is 15.3. The smallest absolute Gasteiger partial charge is 0.178 e. The number of hydrogen-bond donors (Lipinski definition) is 1. The highest BCUT2D eigenvalue weighted by Gasteiger charge is 2.29. The molecule has 0 bridgehead atoms. The first-order valence-electron chi connectivity index (χ1n) is 8.74. The van der Waals surface area contributed by atoms with Gasteiger partial charge in [-0.05, 0) is 44.0 Å². The van der Waals surface area contributed by atoms with Gasteiger partial charge in [0.2, 0.25) is 0 Å². The molecule has 1 N–H and O–H groups in total. The largest absolute Gasteiger partial charge is 0.360 e. The van der Waals surface area contributed by atoms with Crippen molar-refractivity contribution in [3.63, 3.8) is 0 Å². The van der Waals surface area contributed by atoms with E-state index in [4.69, 9.17) is 0 Å². The van der Waals surface area contributed by atoms with Gasteiger partial charge >= 0.3 is 0 Å². The third kappa shape index (κ3) is 2.69. The fourth-order valence-corrected chi connectivity index (χ4v) is 2.96. The molecule has 8 heteroatoms. The quantitative estimate of drug-likeness (QED) is 0.598. The van der Waals surface area contributed by atoms with Gasteiger partial charge in [0.15, 0.2) is 11.5 Å². The van der Waals surface area contributed by atoms with Gasteiger partial charge in [0.1, 0.15) is 11.5 Å². The van der Waals surface area contributed by atoms with Crippen molar-refractivity contribution in [1.29, 1.82) is 0 Å². The van der Waals surface area contributed by atoms with E-state index in [0.29, 0.717) is 5.92 Å². The van der Waals surface area contributed by atoms with Crippen LogP contribution in [0, 0.1) is 0 Å². The lowest BCUT2D eigenvalue weighted by Gasteiger charge is -2.11. The second-order valence-corrected chi connectivity index (χ2v) is 6.61. The molecule has 1 aliphatic carbocycles. The Morgan fingerprint density at radius 2 is 1.88 bits per heavy atom. The predicted octanol–water partition coefficient (Wildman–Crippen LogP) is 2.76. The molecule has 26 heavy (non-hydrogen) atoms. The van der Waals surface area contributed by atoms with Crippen LogP contribution in [0.3, 0.4) is 0 Å². The Bertz CT molecular complexity index is 1050. The van der Waals surface area contributed by atoms with Crippen LogP contribution < -0.4 is 5.32 Å². The van der Waals surface area contributed by atoms with Crippen LogP contribution in [-0.4, -0.2) is 34.8 Å². The third-order valence-electron chi connectivity index (χ3n) is 4.57. The van der Waals surface area contributed by atoms with Crippen molar-refractivity contribution in [3.8, 4) is 5.69 Å². The molecule has 4 aromatic rings. The number of para-hydroxylation sites is 1. The van der Waals surface area contributed by atoms with Crippen molar-refractivity contribution in [3.05, 3.63) is 60.2 Å². The van der Waals surface area contributed by atoms with Gasteiger partial charge in [-0.25, -0.2) is 4.68 Å². The maximum atomic E-state index is 4.65. The summed E-state index contributed by atoms with van der Waals surface area (Å²) >= 11 is 0. The molecule has 130 valence electrons. The molecule has 1 aromatic carbocycles. The van der Waals surface area contributed by atoms with E-state index in [9.17, 15) is 0 Å². The van der Waals surface area contributed by atoms with Crippen molar-refractivity contribution in [1.82, 2.24) is 34.8 Å². The predicted molar refractivity (Wildman–Crippen MR) is 96.2 cm³/mol. The maximum Gasteiger partial charge on any atom is 0.178 e. The molecule has 0 spiro atoms. The van der Waals surface area contributed by atoms with Gasteiger partial charge in [0.05, 0.1) is 17.9 Å². The number of hydrogen-bond acceptors (Lipinski definition) is 6. The van der Waals surface area contributed by atoms with Crippen molar-refractivity contribution in [2.75, 3.05) is 5.32 Å². The minimum atomic E-state index is -0.0294. The minimum Gasteiger partial charge on any atom is -0.360 e. The number of aromatic nitrogens is 7. The van der Waals surface area contributed by atoms with Crippen LogP contribution in [-0.2, 0) is 0 Å². The molecular formula is C18H18N8. The molecule has 0 aliphatic heterocycles. The minimum absolute atomic E-state index is 0.0294. The van der Waals surface area contributed by atoms with Crippen LogP contribution in [0.5, 0.6) is 0 Å². The highest BCUT2D eigenvalue weighted by Crippen LogP contribution is 2.38. The van der Waals surface area contributed by atoms with Crippen LogP contribution in [0.1, 0.15) is 43.2 Å². The molecule has 1 unspecified atom stereocenters. The first kappa shape index (κ1) is 15.0. The first-order valence-corrected chi connectivity index (χ1v) is 8.74. The van der Waals surface area contributed by atoms with E-state index >= 15 is 0 Å². The number of anilines is 1. The van der Waals surface area contributed by atoms with E-state index in [1.165, 1.54) is 12.8 Å². The summed E-state index contributed by atoms with van der Waals surface area (Å²) in [5.74, 6) is 2.21. The highest BCUT2D eigenvalue weighted by atomic mass is 15.4. The van der Waals surface area contributed by atoms with Crippen molar-refractivity contribution >= 4 is 11.5 Å². The Labute approximate surface area is 149 Å². The summed E-state index contributed by atoms with van der Waals surface area (Å²) in [5, 5.41) is 25.0. The van der Waals surface area contributed by atoms with Crippen molar-refractivity contribution in [2.45, 2.75) is 31.7 Å². The van der Waals surface area contributed by atoms with Gasteiger partial charge in [-0.2, -0.15) is 4.52 Å². The average Bonchev–Trinajstić information content (AvgIpc) is 3.24. The number of fused-ring (bicyclic) bond motifs is 1. The van der Waals surface area contributed by atoms with Gasteiger partial charge in [-0.3, -0.25) is 0 Å². The summed E-state index contributed by atoms with van der Waals surface area (Å²) in [6.07, 6.45) is 4.26. The molecule has 3 aromatic heterocycles. The van der Waals surface area contributed by atoms with Crippen LogP contribution in [0.25, 0.3) is 11.3 Å². The van der Waals surface area contributed by atoms with Gasteiger partial charge in [-0.1, -0.05) is 23.4 Å². The summed E-state index contributed by atoms with van der Waals surface area (Å²) in [5.41, 5.74) is 2.61. The van der Waals surface area contributed by atoms with E-state index in [1.54, 1.807) is 4.68 Å². The molecule has 1 saturated carbocycles. The zero-order valence-electron chi connectivity index (χ0n) is 14.3. The van der Waals surface area contributed by atoms with E-state index in [2.05, 4.69) is 30.9 Å². The Morgan fingerprint density at radius 1 is 1.04 bits per heavy atom. The Kier molecular flexibility index (Phi) is 3.41. The third-order valence-corrected chi connectivity index (χ3v) is 4.57. The molecule has 0 saturated heterocycles. The topological polar surface area (TPSA) is 85.8 Å². The summed E-state index contributed by atoms with van der Waals surface area (Å²) < 4.78 is 3.61. The molecular weight excluding hydrogens is 328 g/mol. The molecule has 1 aliphatic rings. The lowest BCUT2D eigenvalue weighted by molar-refractivity contribution is 0.769. The fourth-order valence-electron chi connectivity index (χ4n) is 2.96. The van der Waals surface area contributed by atoms with Crippen molar-refractivity contribution in [2.24, 2.45) is 0 Å². The molecule has 1 fully saturated rings. The summed E-state index contributed by atoms with van der Waals surface area (Å²) in [6, 6.07) is 13.8. The Balaban J connectivity index is 1.38. The second-order valence-electron chi connectivity index (χ2n) is 6.61. The summed E-state index contributed by atoms with van der Waals surface area (Å²) in [6.45, 7) is 2.04. The number of nitrogens with one attached hydrogen (secondary N) is 1. The van der Waals surface area contributed by atoms with E-state index in [-0.39, 0.29) is 6.04 Å². The van der Waals surface area contributed by atoms with Crippen molar-refractivity contribution < 1.29 is 0 Å². The van der Waals surface area contributed by atoms with Crippen LogP contribution in [0.4, 0.5) is 5.82 Å². The van der Waals surface area contributed by atoms with Crippen LogP contribution in [0.15, 0.2) is 48.7 Å². The average molecular weight is 346 g/mol. The van der Waals surface area contributed by atoms with Gasteiger partial charge < -0.3 is 5.32 Å². The molecule has 3 heterocycles. The molecule has 0 radical (unpaired) electrons.